The van der Waals surface area contributed by atoms with Crippen molar-refractivity contribution in [2.24, 2.45) is 0 Å². The van der Waals surface area contributed by atoms with Gasteiger partial charge in [0.15, 0.2) is 22.9 Å². The van der Waals surface area contributed by atoms with Gasteiger partial charge in [-0.1, -0.05) is 45.2 Å². The molecule has 174 valence electrons. The van der Waals surface area contributed by atoms with Crippen LogP contribution >= 0.6 is 39.1 Å². The van der Waals surface area contributed by atoms with E-state index in [1.807, 2.05) is 0 Å². The quantitative estimate of drug-likeness (QED) is 0.413. The summed E-state index contributed by atoms with van der Waals surface area (Å²) in [4.78, 5) is 28.2. The average Bonchev–Trinajstić information content (AvgIpc) is 3.01. The Morgan fingerprint density at radius 1 is 1.03 bits per heavy atom. The van der Waals surface area contributed by atoms with Gasteiger partial charge in [-0.15, -0.1) is 0 Å². The molecule has 0 bridgehead atoms. The summed E-state index contributed by atoms with van der Waals surface area (Å²) < 4.78 is 11.7. The van der Waals surface area contributed by atoms with Gasteiger partial charge in [0.25, 0.3) is 5.91 Å². The van der Waals surface area contributed by atoms with Gasteiger partial charge in [-0.2, -0.15) is 0 Å². The van der Waals surface area contributed by atoms with Crippen LogP contribution < -0.4 is 14.4 Å². The minimum absolute atomic E-state index is 0.115. The van der Waals surface area contributed by atoms with E-state index in [0.717, 1.165) is 0 Å². The minimum Gasteiger partial charge on any atom is -0.486 e. The number of carbonyl (C=O) groups excluding carboxylic acids is 2. The summed E-state index contributed by atoms with van der Waals surface area (Å²) in [6.45, 7) is 0.939. The third-order valence-electron chi connectivity index (χ3n) is 5.92. The van der Waals surface area contributed by atoms with Gasteiger partial charge < -0.3 is 19.5 Å². The average molecular weight is 563 g/mol. The Kier molecular flexibility index (Phi) is 6.06. The number of hydrogen-bond acceptors (Lipinski definition) is 5. The Labute approximate surface area is 214 Å². The van der Waals surface area contributed by atoms with E-state index >= 15 is 0 Å². The molecule has 1 N–H and O–H groups in total. The van der Waals surface area contributed by atoms with E-state index in [1.54, 1.807) is 54.6 Å². The van der Waals surface area contributed by atoms with E-state index in [9.17, 15) is 14.7 Å². The first-order chi connectivity index (χ1) is 16.3. The normalized spacial score (nSPS) is 18.7. The highest BCUT2D eigenvalue weighted by atomic mass is 79.9. The molecule has 0 saturated carbocycles. The Morgan fingerprint density at radius 2 is 1.79 bits per heavy atom. The third kappa shape index (κ3) is 4.07. The molecular formula is C25H18BrCl2NO5. The van der Waals surface area contributed by atoms with Gasteiger partial charge in [0.2, 0.25) is 0 Å². The SMILES string of the molecule is O=C(CC1(O)C(=O)N(Cc2ccc(Cl)cc2Cl)c2ccc(Br)cc21)c1ccc2c(c1)OCCO2. The summed E-state index contributed by atoms with van der Waals surface area (Å²) in [6, 6.07) is 15.0. The summed E-state index contributed by atoms with van der Waals surface area (Å²) in [5.41, 5.74) is -0.195. The number of ether oxygens (including phenoxy) is 2. The predicted octanol–water partition coefficient (Wildman–Crippen LogP) is 5.53. The predicted molar refractivity (Wildman–Crippen MR) is 132 cm³/mol. The number of anilines is 1. The molecule has 0 spiro atoms. The molecular weight excluding hydrogens is 545 g/mol. The van der Waals surface area contributed by atoms with E-state index in [4.69, 9.17) is 32.7 Å². The number of rotatable bonds is 5. The zero-order valence-electron chi connectivity index (χ0n) is 17.7. The maximum absolute atomic E-state index is 13.6. The molecule has 6 nitrogen and oxygen atoms in total. The smallest absolute Gasteiger partial charge is 0.264 e. The van der Waals surface area contributed by atoms with Gasteiger partial charge in [0.1, 0.15) is 13.2 Å². The number of Topliss-reactive ketones (excluding diaryl/α,β-unsaturated/α-hetero) is 1. The number of halogens is 3. The molecule has 1 atom stereocenters. The fraction of sp³-hybridized carbons (Fsp3) is 0.200. The van der Waals surface area contributed by atoms with Gasteiger partial charge in [-0.25, -0.2) is 0 Å². The second-order valence-electron chi connectivity index (χ2n) is 8.11. The molecule has 0 aromatic heterocycles. The molecule has 0 radical (unpaired) electrons. The fourth-order valence-corrected chi connectivity index (χ4v) is 5.05. The molecule has 2 aliphatic rings. The van der Waals surface area contributed by atoms with Crippen molar-refractivity contribution in [1.82, 2.24) is 0 Å². The highest BCUT2D eigenvalue weighted by Crippen LogP contribution is 2.45. The van der Waals surface area contributed by atoms with Gasteiger partial charge in [-0.05, 0) is 54.1 Å². The summed E-state index contributed by atoms with van der Waals surface area (Å²) in [5.74, 6) is 0.0189. The maximum Gasteiger partial charge on any atom is 0.264 e. The molecule has 1 amide bonds. The Morgan fingerprint density at radius 3 is 2.56 bits per heavy atom. The summed E-state index contributed by atoms with van der Waals surface area (Å²) in [6.07, 6.45) is -0.431. The molecule has 1 unspecified atom stereocenters. The molecule has 34 heavy (non-hydrogen) atoms. The number of hydrogen-bond donors (Lipinski definition) is 1. The molecule has 0 fully saturated rings. The molecule has 2 heterocycles. The minimum atomic E-state index is -2.04. The van der Waals surface area contributed by atoms with E-state index in [-0.39, 0.29) is 6.54 Å². The van der Waals surface area contributed by atoms with Crippen LogP contribution in [-0.2, 0) is 16.9 Å². The van der Waals surface area contributed by atoms with Crippen molar-refractivity contribution in [3.05, 3.63) is 85.8 Å². The van der Waals surface area contributed by atoms with Gasteiger partial charge >= 0.3 is 0 Å². The van der Waals surface area contributed by atoms with E-state index in [0.29, 0.717) is 61.6 Å². The molecule has 0 saturated heterocycles. The van der Waals surface area contributed by atoms with Crippen LogP contribution in [0.1, 0.15) is 27.9 Å². The highest BCUT2D eigenvalue weighted by molar-refractivity contribution is 9.10. The molecule has 3 aromatic carbocycles. The van der Waals surface area contributed by atoms with Gasteiger partial charge in [-0.3, -0.25) is 9.59 Å². The van der Waals surface area contributed by atoms with Crippen molar-refractivity contribution >= 4 is 56.5 Å². The standard InChI is InChI=1S/C25H18BrCl2NO5/c26-16-3-5-20-18(10-16)25(32,24(31)29(20)13-15-1-4-17(27)11-19(15)28)12-21(30)14-2-6-22-23(9-14)34-8-7-33-22/h1-6,9-11,32H,7-8,12-13H2. The van der Waals surface area contributed by atoms with Crippen LogP contribution in [0.5, 0.6) is 11.5 Å². The molecule has 5 rings (SSSR count). The first kappa shape index (κ1) is 23.2. The van der Waals surface area contributed by atoms with Crippen molar-refractivity contribution in [1.29, 1.82) is 0 Å². The Bertz CT molecular complexity index is 1330. The number of amides is 1. The summed E-state index contributed by atoms with van der Waals surface area (Å²) in [5, 5.41) is 12.5. The lowest BCUT2D eigenvalue weighted by molar-refractivity contribution is -0.136. The third-order valence-corrected chi connectivity index (χ3v) is 7.00. The topological polar surface area (TPSA) is 76.1 Å². The lowest BCUT2D eigenvalue weighted by Crippen LogP contribution is -2.41. The molecule has 9 heteroatoms. The van der Waals surface area contributed by atoms with E-state index in [2.05, 4.69) is 15.9 Å². The number of carbonyl (C=O) groups is 2. The second-order valence-corrected chi connectivity index (χ2v) is 9.87. The number of benzene rings is 3. The van der Waals surface area contributed by atoms with Crippen LogP contribution in [0.3, 0.4) is 0 Å². The Balaban J connectivity index is 1.48. The zero-order valence-corrected chi connectivity index (χ0v) is 20.8. The lowest BCUT2D eigenvalue weighted by Gasteiger charge is -2.23. The molecule has 2 aliphatic heterocycles. The van der Waals surface area contributed by atoms with Crippen molar-refractivity contribution < 1.29 is 24.2 Å². The summed E-state index contributed by atoms with van der Waals surface area (Å²) >= 11 is 15.7. The zero-order chi connectivity index (χ0) is 24.0. The first-order valence-corrected chi connectivity index (χ1v) is 12.0. The number of aliphatic hydroxyl groups is 1. The number of nitrogens with zero attached hydrogens (tertiary/aromatic N) is 1. The van der Waals surface area contributed by atoms with Crippen LogP contribution in [0.25, 0.3) is 0 Å². The first-order valence-electron chi connectivity index (χ1n) is 10.5. The van der Waals surface area contributed by atoms with Crippen molar-refractivity contribution in [3.63, 3.8) is 0 Å². The number of ketones is 1. The monoisotopic (exact) mass is 561 g/mol. The van der Waals surface area contributed by atoms with Crippen molar-refractivity contribution in [2.75, 3.05) is 18.1 Å². The van der Waals surface area contributed by atoms with Gasteiger partial charge in [0.05, 0.1) is 18.7 Å². The van der Waals surface area contributed by atoms with E-state index in [1.165, 1.54) is 4.90 Å². The number of fused-ring (bicyclic) bond motifs is 2. The maximum atomic E-state index is 13.6. The largest absolute Gasteiger partial charge is 0.486 e. The fourth-order valence-electron chi connectivity index (χ4n) is 4.22. The molecule has 0 aliphatic carbocycles. The Hall–Kier alpha value is -2.58. The summed E-state index contributed by atoms with van der Waals surface area (Å²) in [7, 11) is 0. The van der Waals surface area contributed by atoms with Crippen molar-refractivity contribution in [3.8, 4) is 11.5 Å². The van der Waals surface area contributed by atoms with Crippen LogP contribution in [-0.4, -0.2) is 30.0 Å². The molecule has 3 aromatic rings. The van der Waals surface area contributed by atoms with Crippen LogP contribution in [0.4, 0.5) is 5.69 Å². The van der Waals surface area contributed by atoms with Crippen molar-refractivity contribution in [2.45, 2.75) is 18.6 Å². The van der Waals surface area contributed by atoms with Crippen LogP contribution in [0.15, 0.2) is 59.1 Å². The lowest BCUT2D eigenvalue weighted by atomic mass is 9.88. The van der Waals surface area contributed by atoms with Crippen LogP contribution in [0.2, 0.25) is 10.0 Å². The van der Waals surface area contributed by atoms with E-state index < -0.39 is 23.7 Å². The second kappa shape index (κ2) is 8.89. The van der Waals surface area contributed by atoms with Gasteiger partial charge in [0, 0.05) is 25.6 Å². The van der Waals surface area contributed by atoms with Crippen LogP contribution in [0, 0.1) is 0 Å². The highest BCUT2D eigenvalue weighted by Gasteiger charge is 2.51.